The first kappa shape index (κ1) is 22.3. The van der Waals surface area contributed by atoms with Crippen LogP contribution in [0.4, 0.5) is 0 Å². The molecule has 0 aliphatic carbocycles. The predicted molar refractivity (Wildman–Crippen MR) is 123 cm³/mol. The molecule has 1 saturated heterocycles. The molecule has 0 spiro atoms. The molecule has 2 aliphatic rings. The fraction of sp³-hybridized carbons (Fsp3) is 0.440. The van der Waals surface area contributed by atoms with Gasteiger partial charge in [-0.25, -0.2) is 5.01 Å². The minimum Gasteiger partial charge on any atom is -0.497 e. The maximum atomic E-state index is 13.4. The van der Waals surface area contributed by atoms with Gasteiger partial charge in [0.15, 0.2) is 0 Å². The second kappa shape index (κ2) is 9.71. The van der Waals surface area contributed by atoms with E-state index in [4.69, 9.17) is 19.3 Å². The molecule has 1 amide bonds. The van der Waals surface area contributed by atoms with Crippen molar-refractivity contribution >= 4 is 11.6 Å². The Bertz CT molecular complexity index is 1010. The van der Waals surface area contributed by atoms with Gasteiger partial charge >= 0.3 is 0 Å². The Morgan fingerprint density at radius 3 is 2.53 bits per heavy atom. The third kappa shape index (κ3) is 4.64. The van der Waals surface area contributed by atoms with Crippen molar-refractivity contribution in [2.75, 3.05) is 47.1 Å². The SMILES string of the molecule is COc1ccc([C@H]2CC(c3ccc(C)c(C)c3)=NN2C(=O)CN2CCOCC2)c(OC)c1. The van der Waals surface area contributed by atoms with Crippen molar-refractivity contribution < 1.29 is 19.0 Å². The quantitative estimate of drug-likeness (QED) is 0.694. The van der Waals surface area contributed by atoms with Gasteiger partial charge in [0.2, 0.25) is 0 Å². The number of ether oxygens (including phenoxy) is 3. The highest BCUT2D eigenvalue weighted by Gasteiger charge is 2.35. The molecule has 0 bridgehead atoms. The molecular weight excluding hydrogens is 406 g/mol. The number of amides is 1. The van der Waals surface area contributed by atoms with Gasteiger partial charge in [0.25, 0.3) is 5.91 Å². The van der Waals surface area contributed by atoms with E-state index < -0.39 is 0 Å². The van der Waals surface area contributed by atoms with Gasteiger partial charge in [-0.15, -0.1) is 0 Å². The predicted octanol–water partition coefficient (Wildman–Crippen LogP) is 3.33. The Kier molecular flexibility index (Phi) is 6.77. The van der Waals surface area contributed by atoms with Crippen LogP contribution in [-0.4, -0.2) is 68.6 Å². The Morgan fingerprint density at radius 1 is 1.06 bits per heavy atom. The van der Waals surface area contributed by atoms with Gasteiger partial charge in [-0.3, -0.25) is 9.69 Å². The topological polar surface area (TPSA) is 63.6 Å². The summed E-state index contributed by atoms with van der Waals surface area (Å²) < 4.78 is 16.4. The summed E-state index contributed by atoms with van der Waals surface area (Å²) in [6, 6.07) is 11.8. The molecule has 7 nitrogen and oxygen atoms in total. The van der Waals surface area contributed by atoms with Crippen molar-refractivity contribution in [3.05, 3.63) is 58.7 Å². The highest BCUT2D eigenvalue weighted by atomic mass is 16.5. The van der Waals surface area contributed by atoms with E-state index in [0.717, 1.165) is 29.9 Å². The number of hydrogen-bond donors (Lipinski definition) is 0. The number of hydrogen-bond acceptors (Lipinski definition) is 6. The molecule has 2 heterocycles. The summed E-state index contributed by atoms with van der Waals surface area (Å²) >= 11 is 0. The molecule has 7 heteroatoms. The molecular formula is C25H31N3O4. The monoisotopic (exact) mass is 437 g/mol. The van der Waals surface area contributed by atoms with Gasteiger partial charge in [0, 0.05) is 31.1 Å². The molecule has 170 valence electrons. The van der Waals surface area contributed by atoms with E-state index >= 15 is 0 Å². The van der Waals surface area contributed by atoms with Crippen molar-refractivity contribution in [3.63, 3.8) is 0 Å². The summed E-state index contributed by atoms with van der Waals surface area (Å²) in [5.74, 6) is 1.38. The van der Waals surface area contributed by atoms with Crippen molar-refractivity contribution in [1.82, 2.24) is 9.91 Å². The second-order valence-corrected chi connectivity index (χ2v) is 8.30. The summed E-state index contributed by atoms with van der Waals surface area (Å²) in [6.07, 6.45) is 0.625. The molecule has 4 rings (SSSR count). The Balaban J connectivity index is 1.67. The third-order valence-corrected chi connectivity index (χ3v) is 6.27. The molecule has 2 aromatic rings. The zero-order chi connectivity index (χ0) is 22.7. The molecule has 1 atom stereocenters. The van der Waals surface area contributed by atoms with Crippen LogP contribution in [0.15, 0.2) is 41.5 Å². The van der Waals surface area contributed by atoms with Crippen molar-refractivity contribution in [1.29, 1.82) is 0 Å². The average Bonchev–Trinajstić information content (AvgIpc) is 3.26. The van der Waals surface area contributed by atoms with Gasteiger partial charge in [-0.05, 0) is 48.7 Å². The van der Waals surface area contributed by atoms with Gasteiger partial charge in [0.05, 0.1) is 45.7 Å². The Hall–Kier alpha value is -2.90. The number of carbonyl (C=O) groups excluding carboxylic acids is 1. The fourth-order valence-electron chi connectivity index (χ4n) is 4.19. The molecule has 2 aliphatic heterocycles. The van der Waals surface area contributed by atoms with Crippen LogP contribution in [0.5, 0.6) is 11.5 Å². The maximum Gasteiger partial charge on any atom is 0.257 e. The van der Waals surface area contributed by atoms with Crippen LogP contribution in [0.2, 0.25) is 0 Å². The molecule has 32 heavy (non-hydrogen) atoms. The number of carbonyl (C=O) groups is 1. The minimum absolute atomic E-state index is 0.0198. The fourth-order valence-corrected chi connectivity index (χ4v) is 4.19. The molecule has 0 N–H and O–H groups in total. The number of aryl methyl sites for hydroxylation is 2. The maximum absolute atomic E-state index is 13.4. The van der Waals surface area contributed by atoms with Crippen molar-refractivity contribution in [2.24, 2.45) is 5.10 Å². The van der Waals surface area contributed by atoms with Crippen LogP contribution >= 0.6 is 0 Å². The number of benzene rings is 2. The molecule has 0 radical (unpaired) electrons. The largest absolute Gasteiger partial charge is 0.497 e. The molecule has 0 aromatic heterocycles. The van der Waals surface area contributed by atoms with E-state index in [0.29, 0.717) is 37.7 Å². The van der Waals surface area contributed by atoms with Crippen LogP contribution < -0.4 is 9.47 Å². The van der Waals surface area contributed by atoms with E-state index in [2.05, 4.69) is 36.9 Å². The van der Waals surface area contributed by atoms with Crippen LogP contribution in [0.1, 0.15) is 34.7 Å². The lowest BCUT2D eigenvalue weighted by Crippen LogP contribution is -2.43. The number of methoxy groups -OCH3 is 2. The summed E-state index contributed by atoms with van der Waals surface area (Å²) in [5.41, 5.74) is 5.33. The lowest BCUT2D eigenvalue weighted by atomic mass is 9.96. The standard InChI is InChI=1S/C25H31N3O4/c1-17-5-6-19(13-18(17)2)22-15-23(21-8-7-20(30-3)14-24(21)31-4)28(26-22)25(29)16-27-9-11-32-12-10-27/h5-8,13-14,23H,9-12,15-16H2,1-4H3/t23-/m1/s1. The lowest BCUT2D eigenvalue weighted by Gasteiger charge is -2.29. The van der Waals surface area contributed by atoms with Gasteiger partial charge < -0.3 is 14.2 Å². The zero-order valence-electron chi connectivity index (χ0n) is 19.3. The number of morpholine rings is 1. The normalized spacial score (nSPS) is 19.1. The average molecular weight is 438 g/mol. The summed E-state index contributed by atoms with van der Waals surface area (Å²) in [5, 5.41) is 6.47. The Labute approximate surface area is 189 Å². The molecule has 0 unspecified atom stereocenters. The van der Waals surface area contributed by atoms with Gasteiger partial charge in [-0.1, -0.05) is 12.1 Å². The van der Waals surface area contributed by atoms with Gasteiger partial charge in [0.1, 0.15) is 11.5 Å². The van der Waals surface area contributed by atoms with Gasteiger partial charge in [-0.2, -0.15) is 5.10 Å². The van der Waals surface area contributed by atoms with Crippen LogP contribution in [0.3, 0.4) is 0 Å². The van der Waals surface area contributed by atoms with E-state index in [1.54, 1.807) is 19.2 Å². The lowest BCUT2D eigenvalue weighted by molar-refractivity contribution is -0.135. The zero-order valence-corrected chi connectivity index (χ0v) is 19.3. The number of nitrogens with zero attached hydrogens (tertiary/aromatic N) is 3. The Morgan fingerprint density at radius 2 is 1.84 bits per heavy atom. The number of rotatable bonds is 6. The first-order valence-electron chi connectivity index (χ1n) is 11.0. The van der Waals surface area contributed by atoms with Crippen LogP contribution in [-0.2, 0) is 9.53 Å². The highest BCUT2D eigenvalue weighted by molar-refractivity contribution is 6.03. The molecule has 0 saturated carbocycles. The van der Waals surface area contributed by atoms with E-state index in [1.807, 2.05) is 18.2 Å². The van der Waals surface area contributed by atoms with Crippen molar-refractivity contribution in [2.45, 2.75) is 26.3 Å². The third-order valence-electron chi connectivity index (χ3n) is 6.27. The van der Waals surface area contributed by atoms with E-state index in [1.165, 1.54) is 11.1 Å². The highest BCUT2D eigenvalue weighted by Crippen LogP contribution is 2.39. The van der Waals surface area contributed by atoms with E-state index in [9.17, 15) is 4.79 Å². The first-order valence-corrected chi connectivity index (χ1v) is 11.0. The van der Waals surface area contributed by atoms with Crippen LogP contribution in [0, 0.1) is 13.8 Å². The summed E-state index contributed by atoms with van der Waals surface area (Å²) in [4.78, 5) is 15.5. The molecule has 2 aromatic carbocycles. The van der Waals surface area contributed by atoms with E-state index in [-0.39, 0.29) is 11.9 Å². The smallest absolute Gasteiger partial charge is 0.257 e. The van der Waals surface area contributed by atoms with Crippen molar-refractivity contribution in [3.8, 4) is 11.5 Å². The van der Waals surface area contributed by atoms with Crippen LogP contribution in [0.25, 0.3) is 0 Å². The minimum atomic E-state index is -0.235. The summed E-state index contributed by atoms with van der Waals surface area (Å²) in [7, 11) is 3.27. The molecule has 1 fully saturated rings. The first-order chi connectivity index (χ1) is 15.5. The second-order valence-electron chi connectivity index (χ2n) is 8.30. The summed E-state index contributed by atoms with van der Waals surface area (Å²) in [6.45, 7) is 7.33. The number of hydrazone groups is 1.